The lowest BCUT2D eigenvalue weighted by molar-refractivity contribution is 0.250. The Morgan fingerprint density at radius 3 is 2.37 bits per heavy atom. The highest BCUT2D eigenvalue weighted by Crippen LogP contribution is 2.60. The first kappa shape index (κ1) is 13.0. The van der Waals surface area contributed by atoms with E-state index in [1.807, 2.05) is 0 Å². The van der Waals surface area contributed by atoms with Gasteiger partial charge in [0.25, 0.3) is 0 Å². The maximum absolute atomic E-state index is 13.3. The maximum Gasteiger partial charge on any atom is 0.126 e. The first-order valence-corrected chi connectivity index (χ1v) is 7.26. The Kier molecular flexibility index (Phi) is 3.34. The summed E-state index contributed by atoms with van der Waals surface area (Å²) < 4.78 is 26.6. The molecule has 2 aliphatic rings. The highest BCUT2D eigenvalue weighted by atomic mass is 19.1. The molecule has 1 N–H and O–H groups in total. The number of benzene rings is 1. The molecule has 0 spiro atoms. The predicted octanol–water partition coefficient (Wildman–Crippen LogP) is 3.53. The van der Waals surface area contributed by atoms with Crippen LogP contribution in [0, 0.1) is 28.9 Å². The molecule has 2 saturated carbocycles. The zero-order chi connectivity index (χ0) is 13.5. The average Bonchev–Trinajstić information content (AvgIpc) is 2.94. The van der Waals surface area contributed by atoms with E-state index in [9.17, 15) is 8.78 Å². The van der Waals surface area contributed by atoms with Crippen molar-refractivity contribution in [2.45, 2.75) is 32.6 Å². The van der Waals surface area contributed by atoms with Crippen molar-refractivity contribution < 1.29 is 8.78 Å². The summed E-state index contributed by atoms with van der Waals surface area (Å²) >= 11 is 0. The van der Waals surface area contributed by atoms with Crippen molar-refractivity contribution in [1.29, 1.82) is 0 Å². The molecule has 3 rings (SSSR count). The minimum atomic E-state index is -0.461. The van der Waals surface area contributed by atoms with E-state index in [2.05, 4.69) is 12.2 Å². The summed E-state index contributed by atoms with van der Waals surface area (Å²) in [5.41, 5.74) is 1.01. The molecule has 0 radical (unpaired) electrons. The zero-order valence-electron chi connectivity index (χ0n) is 11.4. The van der Waals surface area contributed by atoms with Crippen molar-refractivity contribution in [3.63, 3.8) is 0 Å². The fraction of sp³-hybridized carbons (Fsp3) is 0.625. The topological polar surface area (TPSA) is 12.0 Å². The number of hydrogen-bond acceptors (Lipinski definition) is 1. The van der Waals surface area contributed by atoms with Crippen LogP contribution < -0.4 is 5.32 Å². The average molecular weight is 265 g/mol. The molecule has 1 aromatic carbocycles. The standard InChI is InChI=1S/C16H21F2N/c1-2-19-10-16(8-12-5-13(12)9-16)7-11-3-14(17)6-15(18)4-11/h3-4,6,12-13,19H,2,5,7-10H2,1H3. The normalized spacial score (nSPS) is 32.4. The Labute approximate surface area is 113 Å². The third-order valence-corrected chi connectivity index (χ3v) is 4.71. The van der Waals surface area contributed by atoms with Crippen LogP contribution in [0.2, 0.25) is 0 Å². The van der Waals surface area contributed by atoms with Gasteiger partial charge >= 0.3 is 0 Å². The Morgan fingerprint density at radius 1 is 1.16 bits per heavy atom. The maximum atomic E-state index is 13.3. The third kappa shape index (κ3) is 2.81. The van der Waals surface area contributed by atoms with E-state index in [0.717, 1.165) is 43.0 Å². The second-order valence-electron chi connectivity index (χ2n) is 6.40. The van der Waals surface area contributed by atoms with Gasteiger partial charge < -0.3 is 5.32 Å². The number of hydrogen-bond donors (Lipinski definition) is 1. The van der Waals surface area contributed by atoms with Crippen LogP contribution in [-0.4, -0.2) is 13.1 Å². The summed E-state index contributed by atoms with van der Waals surface area (Å²) in [5.74, 6) is 0.822. The van der Waals surface area contributed by atoms with E-state index in [1.54, 1.807) is 0 Å². The van der Waals surface area contributed by atoms with Gasteiger partial charge in [-0.05, 0) is 67.2 Å². The van der Waals surface area contributed by atoms with E-state index in [0.29, 0.717) is 0 Å². The van der Waals surface area contributed by atoms with Crippen molar-refractivity contribution in [3.05, 3.63) is 35.4 Å². The molecule has 0 bridgehead atoms. The van der Waals surface area contributed by atoms with Gasteiger partial charge in [-0.2, -0.15) is 0 Å². The molecule has 104 valence electrons. The van der Waals surface area contributed by atoms with Crippen molar-refractivity contribution in [2.75, 3.05) is 13.1 Å². The van der Waals surface area contributed by atoms with Crippen LogP contribution in [0.3, 0.4) is 0 Å². The van der Waals surface area contributed by atoms with Gasteiger partial charge in [-0.25, -0.2) is 8.78 Å². The molecule has 2 unspecified atom stereocenters. The van der Waals surface area contributed by atoms with Gasteiger partial charge in [-0.3, -0.25) is 0 Å². The molecule has 0 amide bonds. The first-order chi connectivity index (χ1) is 9.10. The van der Waals surface area contributed by atoms with Crippen molar-refractivity contribution in [1.82, 2.24) is 5.32 Å². The first-order valence-electron chi connectivity index (χ1n) is 7.26. The molecule has 2 atom stereocenters. The Morgan fingerprint density at radius 2 is 1.79 bits per heavy atom. The molecule has 1 nitrogen and oxygen atoms in total. The van der Waals surface area contributed by atoms with E-state index in [4.69, 9.17) is 0 Å². The minimum absolute atomic E-state index is 0.212. The Balaban J connectivity index is 1.77. The third-order valence-electron chi connectivity index (χ3n) is 4.71. The summed E-state index contributed by atoms with van der Waals surface area (Å²) in [5, 5.41) is 3.43. The zero-order valence-corrected chi connectivity index (χ0v) is 11.4. The largest absolute Gasteiger partial charge is 0.316 e. The van der Waals surface area contributed by atoms with Gasteiger partial charge in [0.05, 0.1) is 0 Å². The molecule has 0 aromatic heterocycles. The summed E-state index contributed by atoms with van der Waals surface area (Å²) in [4.78, 5) is 0. The fourth-order valence-corrected chi connectivity index (χ4v) is 3.89. The van der Waals surface area contributed by atoms with Crippen LogP contribution in [0.15, 0.2) is 18.2 Å². The molecule has 0 heterocycles. The second kappa shape index (κ2) is 4.86. The highest BCUT2D eigenvalue weighted by Gasteiger charge is 2.53. The number of rotatable bonds is 5. The van der Waals surface area contributed by atoms with Gasteiger partial charge in [-0.1, -0.05) is 6.92 Å². The Hall–Kier alpha value is -0.960. The van der Waals surface area contributed by atoms with E-state index >= 15 is 0 Å². The molecular weight excluding hydrogens is 244 g/mol. The van der Waals surface area contributed by atoms with Gasteiger partial charge in [0.15, 0.2) is 0 Å². The lowest BCUT2D eigenvalue weighted by Gasteiger charge is -2.31. The van der Waals surface area contributed by atoms with E-state index in [1.165, 1.54) is 31.4 Å². The molecule has 0 aliphatic heterocycles. The smallest absolute Gasteiger partial charge is 0.126 e. The molecule has 3 heteroatoms. The molecule has 2 aliphatic carbocycles. The predicted molar refractivity (Wildman–Crippen MR) is 71.9 cm³/mol. The van der Waals surface area contributed by atoms with E-state index < -0.39 is 11.6 Å². The van der Waals surface area contributed by atoms with Gasteiger partial charge in [0, 0.05) is 12.6 Å². The molecule has 19 heavy (non-hydrogen) atoms. The Bertz CT molecular complexity index is 442. The second-order valence-corrected chi connectivity index (χ2v) is 6.40. The molecule has 1 aromatic rings. The SMILES string of the molecule is CCNCC1(Cc2cc(F)cc(F)c2)CC2CC2C1. The summed E-state index contributed by atoms with van der Waals surface area (Å²) in [6, 6.07) is 3.92. The fourth-order valence-electron chi connectivity index (χ4n) is 3.89. The van der Waals surface area contributed by atoms with Crippen LogP contribution in [0.1, 0.15) is 31.7 Å². The van der Waals surface area contributed by atoms with Crippen molar-refractivity contribution in [2.24, 2.45) is 17.3 Å². The van der Waals surface area contributed by atoms with Crippen molar-refractivity contribution >= 4 is 0 Å². The van der Waals surface area contributed by atoms with Crippen LogP contribution in [0.4, 0.5) is 8.78 Å². The highest BCUT2D eigenvalue weighted by molar-refractivity contribution is 5.21. The lowest BCUT2D eigenvalue weighted by atomic mass is 9.77. The number of fused-ring (bicyclic) bond motifs is 1. The van der Waals surface area contributed by atoms with Crippen LogP contribution in [0.25, 0.3) is 0 Å². The molecular formula is C16H21F2N. The summed E-state index contributed by atoms with van der Waals surface area (Å²) in [7, 11) is 0. The molecule has 0 saturated heterocycles. The van der Waals surface area contributed by atoms with Gasteiger partial charge in [-0.15, -0.1) is 0 Å². The summed E-state index contributed by atoms with van der Waals surface area (Å²) in [6.45, 7) is 4.02. The van der Waals surface area contributed by atoms with Crippen molar-refractivity contribution in [3.8, 4) is 0 Å². The minimum Gasteiger partial charge on any atom is -0.316 e. The van der Waals surface area contributed by atoms with Crippen LogP contribution in [-0.2, 0) is 6.42 Å². The quantitative estimate of drug-likeness (QED) is 0.858. The van der Waals surface area contributed by atoms with Gasteiger partial charge in [0.2, 0.25) is 0 Å². The number of halogens is 2. The van der Waals surface area contributed by atoms with E-state index in [-0.39, 0.29) is 5.41 Å². The number of nitrogens with one attached hydrogen (secondary N) is 1. The molecule has 2 fully saturated rings. The van der Waals surface area contributed by atoms with Crippen LogP contribution in [0.5, 0.6) is 0 Å². The van der Waals surface area contributed by atoms with Gasteiger partial charge in [0.1, 0.15) is 11.6 Å². The van der Waals surface area contributed by atoms with Crippen LogP contribution >= 0.6 is 0 Å². The lowest BCUT2D eigenvalue weighted by Crippen LogP contribution is -2.35. The summed E-state index contributed by atoms with van der Waals surface area (Å²) in [6.07, 6.45) is 4.58. The monoisotopic (exact) mass is 265 g/mol.